The van der Waals surface area contributed by atoms with E-state index in [1.54, 1.807) is 0 Å². The number of nitrogens with one attached hydrogen (secondary N) is 2. The van der Waals surface area contributed by atoms with Crippen molar-refractivity contribution in [1.29, 1.82) is 0 Å². The van der Waals surface area contributed by atoms with E-state index in [-0.39, 0.29) is 22.4 Å². The maximum atomic E-state index is 15.9. The van der Waals surface area contributed by atoms with Gasteiger partial charge in [0.1, 0.15) is 0 Å². The molecule has 2 N–H and O–H groups in total. The highest BCUT2D eigenvalue weighted by molar-refractivity contribution is 5.97. The van der Waals surface area contributed by atoms with Crippen LogP contribution in [0.15, 0.2) is 36.4 Å². The minimum absolute atomic E-state index is 0.246. The van der Waals surface area contributed by atoms with Crippen LogP contribution in [0.4, 0.5) is 87.8 Å². The predicted octanol–water partition coefficient (Wildman–Crippen LogP) is 16.1. The monoisotopic (exact) mass is 1130 g/mol. The number of H-pyrrole nitrogens is 2. The highest BCUT2D eigenvalue weighted by atomic mass is 19.2. The van der Waals surface area contributed by atoms with Crippen LogP contribution in [0.3, 0.4) is 0 Å². The molecule has 0 radical (unpaired) electrons. The second-order valence-electron chi connectivity index (χ2n) is 17.2. The van der Waals surface area contributed by atoms with Crippen molar-refractivity contribution in [3.05, 3.63) is 198 Å². The van der Waals surface area contributed by atoms with E-state index in [1.807, 2.05) is 0 Å². The lowest BCUT2D eigenvalue weighted by Crippen LogP contribution is -2.06. The van der Waals surface area contributed by atoms with Gasteiger partial charge in [-0.25, -0.2) is 108 Å². The predicted molar refractivity (Wildman–Crippen MR) is 248 cm³/mol. The zero-order valence-electron chi connectivity index (χ0n) is 38.4. The van der Waals surface area contributed by atoms with Crippen LogP contribution in [0, 0.1) is 116 Å². The number of hydrogen-bond acceptors (Lipinski definition) is 4. The van der Waals surface area contributed by atoms with Crippen molar-refractivity contribution in [2.45, 2.75) is 0 Å². The zero-order chi connectivity index (χ0) is 57.2. The number of fused-ring (bicyclic) bond motifs is 12. The standard InChI is InChI=1S/C54H16F20N6/c55-35-31(36(56)44(64)51(71)43(35)63)27-19-5-1-15(75-19)13-16-2-6-20(76-16)28(32-37(57)45(65)52(72)46(66)38(32)58)25-11-12-26(80-25)30(34-41(61)49(69)54(74)50(70)42(34)62)22-8-4-18(78-22)14-17-3-7-21(77-17)29(24-10-9-23(27)79-24)33-39(59)47(67)53(73)48(68)40(33)60/h1-14,75,78H. The number of halogens is 20. The van der Waals surface area contributed by atoms with Gasteiger partial charge in [-0.3, -0.25) is 0 Å². The Morgan fingerprint density at radius 3 is 0.700 bits per heavy atom. The number of aromatic nitrogens is 6. The topological polar surface area (TPSA) is 83.1 Å². The minimum Gasteiger partial charge on any atom is -0.355 e. The molecular formula is C54H16F20N6. The largest absolute Gasteiger partial charge is 0.355 e. The molecular weight excluding hydrogens is 1110 g/mol. The fraction of sp³-hybridized carbons (Fsp3) is 0. The number of aromatic amines is 2. The van der Waals surface area contributed by atoms with Gasteiger partial charge in [0.15, 0.2) is 93.1 Å². The van der Waals surface area contributed by atoms with Crippen molar-refractivity contribution in [3.8, 4) is 44.5 Å². The molecule has 80 heavy (non-hydrogen) atoms. The second kappa shape index (κ2) is 19.1. The molecule has 3 aromatic heterocycles. The van der Waals surface area contributed by atoms with Crippen molar-refractivity contribution < 1.29 is 87.8 Å². The lowest BCUT2D eigenvalue weighted by atomic mass is 10.00. The average Bonchev–Trinajstić information content (AvgIpc) is 4.47. The number of rotatable bonds is 4. The maximum Gasteiger partial charge on any atom is 0.200 e. The number of hydrogen-bond donors (Lipinski definition) is 2. The highest BCUT2D eigenvalue weighted by Gasteiger charge is 2.35. The molecule has 4 aromatic carbocycles. The molecule has 0 aliphatic carbocycles. The summed E-state index contributed by atoms with van der Waals surface area (Å²) in [4.78, 5) is 21.7. The third-order valence-electron chi connectivity index (χ3n) is 12.5. The molecule has 0 amide bonds. The minimum atomic E-state index is -2.62. The van der Waals surface area contributed by atoms with E-state index in [0.29, 0.717) is 0 Å². The molecule has 26 heteroatoms. The van der Waals surface area contributed by atoms with Gasteiger partial charge in [-0.2, -0.15) is 0 Å². The molecule has 0 unspecified atom stereocenters. The Morgan fingerprint density at radius 1 is 0.212 bits per heavy atom. The summed E-state index contributed by atoms with van der Waals surface area (Å²) in [6.45, 7) is 0. The summed E-state index contributed by atoms with van der Waals surface area (Å²) in [7, 11) is 0. The van der Waals surface area contributed by atoms with Gasteiger partial charge < -0.3 is 9.97 Å². The number of benzene rings is 4. The Kier molecular flexibility index (Phi) is 12.5. The normalized spacial score (nSPS) is 12.6. The first-order chi connectivity index (χ1) is 38.0. The highest BCUT2D eigenvalue weighted by Crippen LogP contribution is 2.44. The fourth-order valence-electron chi connectivity index (χ4n) is 8.95. The molecule has 11 rings (SSSR count). The Bertz CT molecular complexity index is 4100. The van der Waals surface area contributed by atoms with E-state index in [9.17, 15) is 17.6 Å². The summed E-state index contributed by atoms with van der Waals surface area (Å²) in [5.41, 5.74) is -18.0. The fourth-order valence-corrected chi connectivity index (χ4v) is 8.95. The van der Waals surface area contributed by atoms with E-state index in [1.165, 1.54) is 0 Å². The van der Waals surface area contributed by atoms with Crippen LogP contribution in [0.2, 0.25) is 0 Å². The molecule has 402 valence electrons. The van der Waals surface area contributed by atoms with Gasteiger partial charge in [0.25, 0.3) is 0 Å². The van der Waals surface area contributed by atoms with Crippen molar-refractivity contribution in [2.24, 2.45) is 0 Å². The van der Waals surface area contributed by atoms with Gasteiger partial charge in [0.05, 0.1) is 67.8 Å². The molecule has 0 spiro atoms. The molecule has 12 bridgehead atoms. The van der Waals surface area contributed by atoms with Crippen LogP contribution >= 0.6 is 0 Å². The maximum absolute atomic E-state index is 15.9. The third-order valence-corrected chi connectivity index (χ3v) is 12.5. The van der Waals surface area contributed by atoms with Crippen LogP contribution < -0.4 is 0 Å². The van der Waals surface area contributed by atoms with Crippen molar-refractivity contribution in [2.75, 3.05) is 0 Å². The molecule has 7 aromatic rings. The smallest absolute Gasteiger partial charge is 0.200 e. The molecule has 0 saturated carbocycles. The Labute approximate surface area is 430 Å². The summed E-state index contributed by atoms with van der Waals surface area (Å²) < 4.78 is 305. The van der Waals surface area contributed by atoms with Crippen LogP contribution in [0.1, 0.15) is 45.6 Å². The molecule has 4 aliphatic rings. The summed E-state index contributed by atoms with van der Waals surface area (Å²) >= 11 is 0. The summed E-state index contributed by atoms with van der Waals surface area (Å²) in [6, 6.07) is 6.02. The van der Waals surface area contributed by atoms with Gasteiger partial charge in [-0.1, -0.05) is 0 Å². The SMILES string of the molecule is Fc1c(F)c(F)c(-c2c3nc(cc4ccc([nH]4)c(-c4c(F)c(F)c(F)c(F)c4F)c4nc(c(-c5c(F)c(F)c(F)c(F)c5F)c5nc(cc6ccc([nH]6)c(-c6c(F)c(F)c(F)c(F)c6F)c6nc2C=C6)C=C5)C=C4)C=C3)c(F)c1F. The molecule has 0 saturated heterocycles. The molecule has 6 nitrogen and oxygen atoms in total. The lowest BCUT2D eigenvalue weighted by Gasteiger charge is -2.11. The zero-order valence-corrected chi connectivity index (χ0v) is 38.4. The van der Waals surface area contributed by atoms with E-state index in [0.717, 1.165) is 85.0 Å². The molecule has 7 heterocycles. The molecule has 0 fully saturated rings. The average molecular weight is 1130 g/mol. The van der Waals surface area contributed by atoms with E-state index < -0.39 is 206 Å². The van der Waals surface area contributed by atoms with Crippen LogP contribution in [0.25, 0.3) is 115 Å². The Hall–Kier alpha value is -9.62. The molecule has 0 atom stereocenters. The summed E-state index contributed by atoms with van der Waals surface area (Å²) in [5, 5.41) is 0. The van der Waals surface area contributed by atoms with Crippen LogP contribution in [-0.4, -0.2) is 29.9 Å². The third kappa shape index (κ3) is 8.05. The summed E-state index contributed by atoms with van der Waals surface area (Å²) in [5.74, 6) is -50.2. The Morgan fingerprint density at radius 2 is 0.425 bits per heavy atom. The first kappa shape index (κ1) is 52.4. The van der Waals surface area contributed by atoms with E-state index >= 15 is 70.2 Å². The first-order valence-electron chi connectivity index (χ1n) is 22.2. The Balaban J connectivity index is 1.33. The van der Waals surface area contributed by atoms with E-state index in [2.05, 4.69) is 29.9 Å². The first-order valence-corrected chi connectivity index (χ1v) is 22.2. The van der Waals surface area contributed by atoms with Crippen LogP contribution in [0.5, 0.6) is 0 Å². The van der Waals surface area contributed by atoms with Gasteiger partial charge in [-0.05, 0) is 85.0 Å². The van der Waals surface area contributed by atoms with Crippen molar-refractivity contribution in [3.63, 3.8) is 0 Å². The van der Waals surface area contributed by atoms with Gasteiger partial charge >= 0.3 is 0 Å². The van der Waals surface area contributed by atoms with Crippen molar-refractivity contribution in [1.82, 2.24) is 29.9 Å². The summed E-state index contributed by atoms with van der Waals surface area (Å²) in [6.07, 6.45) is 6.96. The second-order valence-corrected chi connectivity index (χ2v) is 17.2. The van der Waals surface area contributed by atoms with Gasteiger partial charge in [-0.15, -0.1) is 0 Å². The molecule has 4 aliphatic heterocycles. The van der Waals surface area contributed by atoms with Gasteiger partial charge in [0, 0.05) is 44.3 Å². The van der Waals surface area contributed by atoms with Crippen LogP contribution in [-0.2, 0) is 0 Å². The lowest BCUT2D eigenvalue weighted by molar-refractivity contribution is 0.381. The van der Waals surface area contributed by atoms with E-state index in [4.69, 9.17) is 0 Å². The quantitative estimate of drug-likeness (QED) is 0.104. The van der Waals surface area contributed by atoms with Gasteiger partial charge in [0.2, 0.25) is 23.3 Å². The van der Waals surface area contributed by atoms with Crippen molar-refractivity contribution >= 4 is 70.7 Å². The number of nitrogens with zero attached hydrogens (tertiary/aromatic N) is 4.